The van der Waals surface area contributed by atoms with Crippen molar-refractivity contribution < 1.29 is 8.42 Å². The van der Waals surface area contributed by atoms with Crippen LogP contribution in [0.1, 0.15) is 18.5 Å². The number of hydrogen-bond donors (Lipinski definition) is 3. The minimum atomic E-state index is -3.19. The Labute approximate surface area is 123 Å². The zero-order valence-electron chi connectivity index (χ0n) is 12.3. The number of nitrogens with one attached hydrogen (secondary N) is 3. The normalized spacial score (nSPS) is 13.9. The molecule has 0 radical (unpaired) electrons. The van der Waals surface area contributed by atoms with Gasteiger partial charge in [-0.15, -0.1) is 0 Å². The summed E-state index contributed by atoms with van der Waals surface area (Å²) in [5.41, 5.74) is 2.25. The molecule has 1 aromatic carbocycles. The van der Waals surface area contributed by atoms with E-state index in [4.69, 9.17) is 0 Å². The molecule has 0 amide bonds. The maximum atomic E-state index is 11.7. The standard InChI is InChI=1S/C13H20N4O3S/c1-9(14-6-7-21(19,20)17(2)3)10-4-5-11-12(8-10)16-13(18)15-11/h4-5,8-9,14H,6-7H2,1-3H3,(H2,15,16,18). The van der Waals surface area contributed by atoms with Gasteiger partial charge in [-0.2, -0.15) is 0 Å². The quantitative estimate of drug-likeness (QED) is 0.719. The fourth-order valence-electron chi connectivity index (χ4n) is 2.02. The van der Waals surface area contributed by atoms with Gasteiger partial charge < -0.3 is 15.3 Å². The average molecular weight is 312 g/mol. The predicted octanol–water partition coefficient (Wildman–Crippen LogP) is 0.398. The third kappa shape index (κ3) is 3.72. The molecule has 0 saturated carbocycles. The van der Waals surface area contributed by atoms with Crippen molar-refractivity contribution in [2.24, 2.45) is 0 Å². The molecule has 7 nitrogen and oxygen atoms in total. The number of imidazole rings is 1. The van der Waals surface area contributed by atoms with Crippen LogP contribution in [0.3, 0.4) is 0 Å². The molecule has 0 aliphatic heterocycles. The van der Waals surface area contributed by atoms with Crippen LogP contribution < -0.4 is 11.0 Å². The van der Waals surface area contributed by atoms with Crippen molar-refractivity contribution in [1.29, 1.82) is 0 Å². The summed E-state index contributed by atoms with van der Waals surface area (Å²) in [6.07, 6.45) is 0. The van der Waals surface area contributed by atoms with Crippen molar-refractivity contribution in [1.82, 2.24) is 19.6 Å². The second-order valence-electron chi connectivity index (χ2n) is 5.16. The van der Waals surface area contributed by atoms with Crippen molar-refractivity contribution >= 4 is 21.1 Å². The first-order chi connectivity index (χ1) is 9.79. The van der Waals surface area contributed by atoms with Crippen LogP contribution in [-0.2, 0) is 10.0 Å². The maximum absolute atomic E-state index is 11.7. The van der Waals surface area contributed by atoms with Gasteiger partial charge in [0.1, 0.15) is 0 Å². The van der Waals surface area contributed by atoms with Crippen molar-refractivity contribution in [2.75, 3.05) is 26.4 Å². The van der Waals surface area contributed by atoms with E-state index in [0.29, 0.717) is 6.54 Å². The first-order valence-electron chi connectivity index (χ1n) is 6.65. The minimum absolute atomic E-state index is 0.00911. The van der Waals surface area contributed by atoms with Crippen LogP contribution in [0.25, 0.3) is 11.0 Å². The zero-order valence-corrected chi connectivity index (χ0v) is 13.1. The monoisotopic (exact) mass is 312 g/mol. The largest absolute Gasteiger partial charge is 0.323 e. The second-order valence-corrected chi connectivity index (χ2v) is 7.46. The summed E-state index contributed by atoms with van der Waals surface area (Å²) in [7, 11) is -0.144. The highest BCUT2D eigenvalue weighted by Gasteiger charge is 2.14. The van der Waals surface area contributed by atoms with E-state index in [-0.39, 0.29) is 17.5 Å². The van der Waals surface area contributed by atoms with E-state index in [2.05, 4.69) is 15.3 Å². The molecule has 0 aliphatic rings. The number of nitrogens with zero attached hydrogens (tertiary/aromatic N) is 1. The highest BCUT2D eigenvalue weighted by Crippen LogP contribution is 2.16. The SMILES string of the molecule is CC(NCCS(=O)(=O)N(C)C)c1ccc2[nH]c(=O)[nH]c2c1. The molecule has 116 valence electrons. The lowest BCUT2D eigenvalue weighted by Gasteiger charge is -2.16. The van der Waals surface area contributed by atoms with E-state index in [1.54, 1.807) is 0 Å². The average Bonchev–Trinajstić information content (AvgIpc) is 2.77. The van der Waals surface area contributed by atoms with Crippen LogP contribution in [0.4, 0.5) is 0 Å². The molecule has 2 rings (SSSR count). The van der Waals surface area contributed by atoms with Gasteiger partial charge in [-0.25, -0.2) is 17.5 Å². The number of hydrogen-bond acceptors (Lipinski definition) is 4. The first kappa shape index (κ1) is 15.7. The highest BCUT2D eigenvalue weighted by atomic mass is 32.2. The summed E-state index contributed by atoms with van der Waals surface area (Å²) in [4.78, 5) is 16.6. The summed E-state index contributed by atoms with van der Waals surface area (Å²) in [6.45, 7) is 2.32. The maximum Gasteiger partial charge on any atom is 0.323 e. The van der Waals surface area contributed by atoms with Gasteiger partial charge in [0.15, 0.2) is 0 Å². The Hall–Kier alpha value is -1.64. The van der Waals surface area contributed by atoms with Gasteiger partial charge in [-0.3, -0.25) is 0 Å². The number of rotatable bonds is 6. The van der Waals surface area contributed by atoms with Gasteiger partial charge in [-0.1, -0.05) is 6.07 Å². The fraction of sp³-hybridized carbons (Fsp3) is 0.462. The van der Waals surface area contributed by atoms with Crippen LogP contribution in [0.2, 0.25) is 0 Å². The number of aromatic nitrogens is 2. The molecule has 1 unspecified atom stereocenters. The Morgan fingerprint density at radius 2 is 1.90 bits per heavy atom. The molecular formula is C13H20N4O3S. The molecule has 3 N–H and O–H groups in total. The van der Waals surface area contributed by atoms with Crippen LogP contribution in [-0.4, -0.2) is 49.1 Å². The van der Waals surface area contributed by atoms with E-state index < -0.39 is 10.0 Å². The predicted molar refractivity (Wildman–Crippen MR) is 82.8 cm³/mol. The zero-order chi connectivity index (χ0) is 15.6. The molecule has 0 fully saturated rings. The van der Waals surface area contributed by atoms with Gasteiger partial charge in [0, 0.05) is 26.7 Å². The molecule has 21 heavy (non-hydrogen) atoms. The summed E-state index contributed by atoms with van der Waals surface area (Å²) >= 11 is 0. The van der Waals surface area contributed by atoms with Crippen LogP contribution in [0.5, 0.6) is 0 Å². The summed E-state index contributed by atoms with van der Waals surface area (Å²) in [5.74, 6) is 0.0492. The molecule has 1 atom stereocenters. The lowest BCUT2D eigenvalue weighted by atomic mass is 10.1. The van der Waals surface area contributed by atoms with E-state index >= 15 is 0 Å². The van der Waals surface area contributed by atoms with Crippen molar-refractivity contribution in [3.05, 3.63) is 34.2 Å². The van der Waals surface area contributed by atoms with Crippen molar-refractivity contribution in [3.63, 3.8) is 0 Å². The lowest BCUT2D eigenvalue weighted by Crippen LogP contribution is -2.32. The van der Waals surface area contributed by atoms with Gasteiger partial charge in [-0.05, 0) is 24.6 Å². The number of benzene rings is 1. The minimum Gasteiger partial charge on any atom is -0.309 e. The Kier molecular flexibility index (Phi) is 4.50. The molecule has 2 aromatic rings. The van der Waals surface area contributed by atoms with Crippen LogP contribution >= 0.6 is 0 Å². The van der Waals surface area contributed by atoms with E-state index in [9.17, 15) is 13.2 Å². The van der Waals surface area contributed by atoms with Crippen LogP contribution in [0.15, 0.2) is 23.0 Å². The highest BCUT2D eigenvalue weighted by molar-refractivity contribution is 7.89. The van der Waals surface area contributed by atoms with Gasteiger partial charge in [0.2, 0.25) is 10.0 Å². The molecule has 0 saturated heterocycles. The molecule has 0 aliphatic carbocycles. The Morgan fingerprint density at radius 3 is 2.57 bits per heavy atom. The number of aromatic amines is 2. The Balaban J connectivity index is 2.02. The molecule has 1 heterocycles. The summed E-state index contributed by atoms with van der Waals surface area (Å²) in [5, 5.41) is 3.17. The summed E-state index contributed by atoms with van der Waals surface area (Å²) in [6, 6.07) is 5.61. The fourth-order valence-corrected chi connectivity index (χ4v) is 2.77. The number of H-pyrrole nitrogens is 2. The summed E-state index contributed by atoms with van der Waals surface area (Å²) < 4.78 is 24.6. The van der Waals surface area contributed by atoms with E-state index in [1.807, 2.05) is 25.1 Å². The Bertz CT molecular complexity index is 776. The number of fused-ring (bicyclic) bond motifs is 1. The van der Waals surface area contributed by atoms with Crippen LogP contribution in [0, 0.1) is 0 Å². The second kappa shape index (κ2) is 6.00. The Morgan fingerprint density at radius 1 is 1.24 bits per heavy atom. The molecule has 1 aromatic heterocycles. The van der Waals surface area contributed by atoms with Gasteiger partial charge in [0.25, 0.3) is 0 Å². The topological polar surface area (TPSA) is 98.1 Å². The van der Waals surface area contributed by atoms with E-state index in [0.717, 1.165) is 16.6 Å². The van der Waals surface area contributed by atoms with Crippen molar-refractivity contribution in [3.8, 4) is 0 Å². The lowest BCUT2D eigenvalue weighted by molar-refractivity contribution is 0.512. The smallest absolute Gasteiger partial charge is 0.309 e. The third-order valence-electron chi connectivity index (χ3n) is 3.41. The first-order valence-corrected chi connectivity index (χ1v) is 8.26. The van der Waals surface area contributed by atoms with Gasteiger partial charge in [0.05, 0.1) is 16.8 Å². The number of sulfonamides is 1. The third-order valence-corrected chi connectivity index (χ3v) is 5.24. The molecule has 8 heteroatoms. The molecule has 0 spiro atoms. The van der Waals surface area contributed by atoms with Gasteiger partial charge >= 0.3 is 5.69 Å². The molecule has 0 bridgehead atoms. The molecular weight excluding hydrogens is 292 g/mol. The van der Waals surface area contributed by atoms with Crippen molar-refractivity contribution in [2.45, 2.75) is 13.0 Å². The van der Waals surface area contributed by atoms with E-state index in [1.165, 1.54) is 18.4 Å².